The molecule has 2 rings (SSSR count). The highest BCUT2D eigenvalue weighted by Gasteiger charge is 2.48. The highest BCUT2D eigenvalue weighted by atomic mass is 19.4. The number of nitrogens with zero attached hydrogens (tertiary/aromatic N) is 2. The van der Waals surface area contributed by atoms with Crippen molar-refractivity contribution >= 4 is 0 Å². The average molecular weight is 281 g/mol. The van der Waals surface area contributed by atoms with Crippen LogP contribution >= 0.6 is 0 Å². The van der Waals surface area contributed by atoms with E-state index in [4.69, 9.17) is 0 Å². The Morgan fingerprint density at radius 1 is 0.947 bits per heavy atom. The number of pyridine rings is 1. The Kier molecular flexibility index (Phi) is 2.99. The molecule has 0 fully saturated rings. The van der Waals surface area contributed by atoms with E-state index in [1.807, 2.05) is 0 Å². The molecule has 9 heteroatoms. The second-order valence-electron chi connectivity index (χ2n) is 3.53. The normalized spacial score (nSPS) is 12.7. The maximum absolute atomic E-state index is 12.8. The molecule has 19 heavy (non-hydrogen) atoms. The van der Waals surface area contributed by atoms with Crippen LogP contribution in [0.15, 0.2) is 24.4 Å². The molecule has 0 spiro atoms. The minimum absolute atomic E-state index is 0.290. The first kappa shape index (κ1) is 13.4. The van der Waals surface area contributed by atoms with Crippen LogP contribution in [0.2, 0.25) is 0 Å². The summed E-state index contributed by atoms with van der Waals surface area (Å²) in [5.41, 5.74) is -4.96. The Bertz CT molecular complexity index is 569. The maximum Gasteiger partial charge on any atom is 0.433 e. The molecule has 0 aliphatic carbocycles. The lowest BCUT2D eigenvalue weighted by atomic mass is 10.1. The monoisotopic (exact) mass is 281 g/mol. The fourth-order valence-electron chi connectivity index (χ4n) is 1.51. The van der Waals surface area contributed by atoms with Gasteiger partial charge in [-0.15, -0.1) is 0 Å². The Balaban J connectivity index is 2.68. The summed E-state index contributed by atoms with van der Waals surface area (Å²) >= 11 is 0. The number of hydrogen-bond donors (Lipinski definition) is 1. The summed E-state index contributed by atoms with van der Waals surface area (Å²) in [4.78, 5) is 3.57. The third kappa shape index (κ3) is 2.54. The zero-order chi connectivity index (χ0) is 14.3. The van der Waals surface area contributed by atoms with Crippen LogP contribution in [0.5, 0.6) is 0 Å². The minimum Gasteiger partial charge on any atom is -0.272 e. The van der Waals surface area contributed by atoms with Crippen LogP contribution in [0.1, 0.15) is 11.3 Å². The third-order valence-electron chi connectivity index (χ3n) is 2.24. The summed E-state index contributed by atoms with van der Waals surface area (Å²) in [6.45, 7) is 0. The van der Waals surface area contributed by atoms with Gasteiger partial charge in [-0.1, -0.05) is 6.07 Å². The van der Waals surface area contributed by atoms with Gasteiger partial charge in [0.25, 0.3) is 0 Å². The summed E-state index contributed by atoms with van der Waals surface area (Å²) < 4.78 is 75.9. The largest absolute Gasteiger partial charge is 0.433 e. The lowest BCUT2D eigenvalue weighted by Gasteiger charge is -2.11. The van der Waals surface area contributed by atoms with E-state index in [0.717, 1.165) is 12.3 Å². The van der Waals surface area contributed by atoms with E-state index in [1.165, 1.54) is 17.2 Å². The Morgan fingerprint density at radius 2 is 1.63 bits per heavy atom. The van der Waals surface area contributed by atoms with Crippen molar-refractivity contribution in [1.29, 1.82) is 0 Å². The van der Waals surface area contributed by atoms with Crippen molar-refractivity contribution in [1.82, 2.24) is 15.2 Å². The van der Waals surface area contributed by atoms with Gasteiger partial charge in [-0.3, -0.25) is 10.1 Å². The first-order chi connectivity index (χ1) is 8.71. The van der Waals surface area contributed by atoms with Crippen LogP contribution in [-0.4, -0.2) is 15.2 Å². The fourth-order valence-corrected chi connectivity index (χ4v) is 1.51. The molecule has 0 saturated carbocycles. The van der Waals surface area contributed by atoms with Crippen LogP contribution in [0.4, 0.5) is 26.3 Å². The first-order valence-electron chi connectivity index (χ1n) is 4.85. The standard InChI is InChI=1S/C10H5F6N3/c11-9(12,13)6-7(5-3-1-2-4-17-5)18-19-8(6)10(14,15)16/h1-4H,(H,18,19). The van der Waals surface area contributed by atoms with E-state index in [-0.39, 0.29) is 5.69 Å². The minimum atomic E-state index is -5.19. The van der Waals surface area contributed by atoms with Gasteiger partial charge in [-0.05, 0) is 12.1 Å². The molecule has 1 N–H and O–H groups in total. The summed E-state index contributed by atoms with van der Waals surface area (Å²) in [7, 11) is 0. The van der Waals surface area contributed by atoms with Gasteiger partial charge in [0.1, 0.15) is 11.3 Å². The van der Waals surface area contributed by atoms with Crippen LogP contribution in [0, 0.1) is 0 Å². The smallest absolute Gasteiger partial charge is 0.272 e. The van der Waals surface area contributed by atoms with Crippen LogP contribution in [0.3, 0.4) is 0 Å². The topological polar surface area (TPSA) is 41.6 Å². The van der Waals surface area contributed by atoms with E-state index in [1.54, 1.807) is 0 Å². The van der Waals surface area contributed by atoms with Gasteiger partial charge < -0.3 is 0 Å². The van der Waals surface area contributed by atoms with E-state index in [2.05, 4.69) is 10.1 Å². The van der Waals surface area contributed by atoms with Crippen molar-refractivity contribution in [2.24, 2.45) is 0 Å². The van der Waals surface area contributed by atoms with Gasteiger partial charge >= 0.3 is 12.4 Å². The SMILES string of the molecule is FC(F)(F)c1[nH]nc(-c2ccccn2)c1C(F)(F)F. The summed E-state index contributed by atoms with van der Waals surface area (Å²) in [6.07, 6.45) is -9.20. The second kappa shape index (κ2) is 4.25. The van der Waals surface area contributed by atoms with Crippen molar-refractivity contribution in [3.05, 3.63) is 35.7 Å². The molecule has 0 bridgehead atoms. The molecule has 0 aromatic carbocycles. The second-order valence-corrected chi connectivity index (χ2v) is 3.53. The number of rotatable bonds is 1. The predicted molar refractivity (Wildman–Crippen MR) is 51.8 cm³/mol. The van der Waals surface area contributed by atoms with Crippen molar-refractivity contribution in [3.63, 3.8) is 0 Å². The molecule has 0 radical (unpaired) electrons. The molecular weight excluding hydrogens is 276 g/mol. The number of nitrogens with one attached hydrogen (secondary N) is 1. The highest BCUT2D eigenvalue weighted by molar-refractivity contribution is 5.61. The molecule has 3 nitrogen and oxygen atoms in total. The van der Waals surface area contributed by atoms with Crippen LogP contribution < -0.4 is 0 Å². The summed E-state index contributed by atoms with van der Waals surface area (Å²) in [5.74, 6) is 0. The van der Waals surface area contributed by atoms with Gasteiger partial charge in [-0.2, -0.15) is 31.4 Å². The molecule has 0 saturated heterocycles. The Morgan fingerprint density at radius 3 is 2.11 bits per heavy atom. The zero-order valence-corrected chi connectivity index (χ0v) is 8.97. The lowest BCUT2D eigenvalue weighted by molar-refractivity contribution is -0.163. The molecular formula is C10H5F6N3. The number of alkyl halides is 6. The van der Waals surface area contributed by atoms with Gasteiger partial charge in [-0.25, -0.2) is 0 Å². The van der Waals surface area contributed by atoms with Crippen molar-refractivity contribution in [2.45, 2.75) is 12.4 Å². The average Bonchev–Trinajstić information content (AvgIpc) is 2.74. The quantitative estimate of drug-likeness (QED) is 0.813. The highest BCUT2D eigenvalue weighted by Crippen LogP contribution is 2.43. The number of aromatic nitrogens is 3. The fraction of sp³-hybridized carbons (Fsp3) is 0.200. The van der Waals surface area contributed by atoms with Crippen molar-refractivity contribution < 1.29 is 26.3 Å². The number of hydrogen-bond acceptors (Lipinski definition) is 2. The van der Waals surface area contributed by atoms with Crippen LogP contribution in [-0.2, 0) is 12.4 Å². The summed E-state index contributed by atoms with van der Waals surface area (Å²) in [5, 5.41) is 4.48. The Labute approximate surface area is 102 Å². The molecule has 0 aliphatic heterocycles. The van der Waals surface area contributed by atoms with Crippen molar-refractivity contribution in [3.8, 4) is 11.4 Å². The third-order valence-corrected chi connectivity index (χ3v) is 2.24. The molecule has 2 aromatic rings. The molecule has 0 unspecified atom stereocenters. The molecule has 102 valence electrons. The number of halogens is 6. The van der Waals surface area contributed by atoms with Gasteiger partial charge in [0, 0.05) is 6.20 Å². The molecule has 0 amide bonds. The maximum atomic E-state index is 12.8. The van der Waals surface area contributed by atoms with E-state index >= 15 is 0 Å². The first-order valence-corrected chi connectivity index (χ1v) is 4.85. The van der Waals surface area contributed by atoms with Gasteiger partial charge in [0.2, 0.25) is 0 Å². The van der Waals surface area contributed by atoms with Gasteiger partial charge in [0.05, 0.1) is 5.69 Å². The lowest BCUT2D eigenvalue weighted by Crippen LogP contribution is -2.16. The number of H-pyrrole nitrogens is 1. The van der Waals surface area contributed by atoms with Crippen molar-refractivity contribution in [2.75, 3.05) is 0 Å². The molecule has 2 heterocycles. The zero-order valence-electron chi connectivity index (χ0n) is 8.97. The number of aromatic amines is 1. The van der Waals surface area contributed by atoms with E-state index < -0.39 is 29.3 Å². The molecule has 2 aromatic heterocycles. The Hall–Kier alpha value is -2.06. The molecule has 0 aliphatic rings. The van der Waals surface area contributed by atoms with Gasteiger partial charge in [0.15, 0.2) is 5.69 Å². The summed E-state index contributed by atoms with van der Waals surface area (Å²) in [6, 6.07) is 3.92. The van der Waals surface area contributed by atoms with E-state index in [0.29, 0.717) is 0 Å². The molecule has 0 atom stereocenters. The van der Waals surface area contributed by atoms with E-state index in [9.17, 15) is 26.3 Å². The van der Waals surface area contributed by atoms with Crippen LogP contribution in [0.25, 0.3) is 11.4 Å². The predicted octanol–water partition coefficient (Wildman–Crippen LogP) is 3.51.